The number of carbonyl (C=O) groups excluding carboxylic acids is 1. The molecule has 1 aliphatic heterocycles. The second-order valence-corrected chi connectivity index (χ2v) is 5.50. The Bertz CT molecular complexity index is 466. The molecule has 0 bridgehead atoms. The molecule has 98 valence electrons. The number of hydrogen-bond donors (Lipinski definition) is 0. The van der Waals surface area contributed by atoms with Gasteiger partial charge in [0.15, 0.2) is 0 Å². The number of nitrogens with zero attached hydrogens (tertiary/aromatic N) is 1. The molecule has 0 saturated heterocycles. The third-order valence-corrected chi connectivity index (χ3v) is 4.32. The van der Waals surface area contributed by atoms with E-state index in [-0.39, 0.29) is 11.3 Å². The number of amides is 1. The van der Waals surface area contributed by atoms with Gasteiger partial charge in [0.1, 0.15) is 0 Å². The monoisotopic (exact) mass is 245 g/mol. The maximum absolute atomic E-state index is 12.4. The molecule has 0 aliphatic carbocycles. The number of benzene rings is 1. The van der Waals surface area contributed by atoms with Crippen molar-refractivity contribution in [1.82, 2.24) is 0 Å². The lowest BCUT2D eigenvalue weighted by molar-refractivity contribution is -0.122. The van der Waals surface area contributed by atoms with E-state index in [1.54, 1.807) is 0 Å². The van der Waals surface area contributed by atoms with Gasteiger partial charge in [-0.2, -0.15) is 0 Å². The molecule has 0 spiro atoms. The average molecular weight is 245 g/mol. The number of carbonyl (C=O) groups is 1. The summed E-state index contributed by atoms with van der Waals surface area (Å²) in [5.74, 6) is 0.229. The van der Waals surface area contributed by atoms with E-state index in [1.807, 2.05) is 11.9 Å². The molecule has 2 nitrogen and oxygen atoms in total. The predicted octanol–water partition coefficient (Wildman–Crippen LogP) is 3.67. The Hall–Kier alpha value is -1.31. The Balaban J connectivity index is 2.43. The topological polar surface area (TPSA) is 20.3 Å². The fraction of sp³-hybridized carbons (Fsp3) is 0.562. The second kappa shape index (κ2) is 4.75. The first-order valence-electron chi connectivity index (χ1n) is 6.96. The van der Waals surface area contributed by atoms with Crippen LogP contribution in [0.5, 0.6) is 0 Å². The van der Waals surface area contributed by atoms with Gasteiger partial charge in [0, 0.05) is 12.7 Å². The van der Waals surface area contributed by atoms with Crippen molar-refractivity contribution in [3.05, 3.63) is 29.3 Å². The van der Waals surface area contributed by atoms with Gasteiger partial charge in [0.05, 0.1) is 5.41 Å². The number of fused-ring (bicyclic) bond motifs is 1. The molecule has 0 N–H and O–H groups in total. The smallest absolute Gasteiger partial charge is 0.237 e. The van der Waals surface area contributed by atoms with Gasteiger partial charge in [-0.3, -0.25) is 4.79 Å². The quantitative estimate of drug-likeness (QED) is 0.792. The van der Waals surface area contributed by atoms with Crippen LogP contribution in [-0.2, 0) is 16.6 Å². The van der Waals surface area contributed by atoms with E-state index in [1.165, 1.54) is 24.0 Å². The molecule has 1 aromatic carbocycles. The molecule has 18 heavy (non-hydrogen) atoms. The van der Waals surface area contributed by atoms with Crippen LogP contribution in [0.25, 0.3) is 0 Å². The SMILES string of the molecule is CCCCc1ccc2c(c1)C(C)(CC)C(=O)N2C. The Kier molecular flexibility index (Phi) is 3.47. The van der Waals surface area contributed by atoms with Gasteiger partial charge in [-0.1, -0.05) is 32.4 Å². The lowest BCUT2D eigenvalue weighted by atomic mass is 9.80. The van der Waals surface area contributed by atoms with Crippen LogP contribution in [0.4, 0.5) is 5.69 Å². The summed E-state index contributed by atoms with van der Waals surface area (Å²) in [6.07, 6.45) is 4.40. The van der Waals surface area contributed by atoms with Crippen LogP contribution >= 0.6 is 0 Å². The van der Waals surface area contributed by atoms with E-state index < -0.39 is 0 Å². The number of likely N-dealkylation sites (N-methyl/N-ethyl adjacent to an activating group) is 1. The highest BCUT2D eigenvalue weighted by molar-refractivity contribution is 6.07. The summed E-state index contributed by atoms with van der Waals surface area (Å²) in [4.78, 5) is 14.2. The van der Waals surface area contributed by atoms with Gasteiger partial charge in [-0.25, -0.2) is 0 Å². The largest absolute Gasteiger partial charge is 0.314 e. The van der Waals surface area contributed by atoms with Crippen molar-refractivity contribution in [2.45, 2.75) is 51.9 Å². The summed E-state index contributed by atoms with van der Waals surface area (Å²) in [6, 6.07) is 6.52. The lowest BCUT2D eigenvalue weighted by Gasteiger charge is -2.21. The highest BCUT2D eigenvalue weighted by Gasteiger charge is 2.44. The van der Waals surface area contributed by atoms with E-state index in [0.29, 0.717) is 0 Å². The first kappa shape index (κ1) is 13.1. The zero-order valence-electron chi connectivity index (χ0n) is 11.9. The molecule has 2 heteroatoms. The molecule has 1 aliphatic rings. The molecule has 1 aromatic rings. The van der Waals surface area contributed by atoms with E-state index in [2.05, 4.69) is 39.0 Å². The third-order valence-electron chi connectivity index (χ3n) is 4.32. The van der Waals surface area contributed by atoms with Crippen molar-refractivity contribution < 1.29 is 4.79 Å². The van der Waals surface area contributed by atoms with Gasteiger partial charge >= 0.3 is 0 Å². The Morgan fingerprint density at radius 1 is 1.28 bits per heavy atom. The first-order chi connectivity index (χ1) is 8.54. The summed E-state index contributed by atoms with van der Waals surface area (Å²) in [6.45, 7) is 6.38. The molecule has 0 fully saturated rings. The second-order valence-electron chi connectivity index (χ2n) is 5.50. The van der Waals surface area contributed by atoms with Crippen molar-refractivity contribution in [1.29, 1.82) is 0 Å². The fourth-order valence-corrected chi connectivity index (χ4v) is 2.79. The molecular formula is C16H23NO. The number of aryl methyl sites for hydroxylation is 1. The minimum atomic E-state index is -0.327. The van der Waals surface area contributed by atoms with Gasteiger partial charge in [-0.15, -0.1) is 0 Å². The summed E-state index contributed by atoms with van der Waals surface area (Å²) in [5.41, 5.74) is 3.33. The minimum absolute atomic E-state index is 0.229. The van der Waals surface area contributed by atoms with Crippen molar-refractivity contribution >= 4 is 11.6 Å². The van der Waals surface area contributed by atoms with Crippen molar-refractivity contribution in [3.8, 4) is 0 Å². The van der Waals surface area contributed by atoms with Crippen molar-refractivity contribution in [3.63, 3.8) is 0 Å². The van der Waals surface area contributed by atoms with Gasteiger partial charge in [0.2, 0.25) is 5.91 Å². The fourth-order valence-electron chi connectivity index (χ4n) is 2.79. The average Bonchev–Trinajstić information content (AvgIpc) is 2.59. The van der Waals surface area contributed by atoms with Crippen molar-refractivity contribution in [2.24, 2.45) is 0 Å². The minimum Gasteiger partial charge on any atom is -0.314 e. The normalized spacial score (nSPS) is 22.4. The van der Waals surface area contributed by atoms with Crippen LogP contribution in [0.15, 0.2) is 18.2 Å². The molecule has 2 rings (SSSR count). The van der Waals surface area contributed by atoms with Crippen LogP contribution in [-0.4, -0.2) is 13.0 Å². The van der Waals surface area contributed by atoms with Crippen LogP contribution in [0.3, 0.4) is 0 Å². The first-order valence-corrected chi connectivity index (χ1v) is 6.96. The summed E-state index contributed by atoms with van der Waals surface area (Å²) >= 11 is 0. The summed E-state index contributed by atoms with van der Waals surface area (Å²) in [5, 5.41) is 0. The van der Waals surface area contributed by atoms with Crippen LogP contribution in [0, 0.1) is 0 Å². The number of unbranched alkanes of at least 4 members (excludes halogenated alkanes) is 1. The van der Waals surface area contributed by atoms with Gasteiger partial charge in [-0.05, 0) is 43.4 Å². The molecule has 0 radical (unpaired) electrons. The highest BCUT2D eigenvalue weighted by Crippen LogP contribution is 2.43. The standard InChI is InChI=1S/C16H23NO/c1-5-7-8-12-9-10-14-13(11-12)16(3,6-2)15(18)17(14)4/h9-11H,5-8H2,1-4H3. The Morgan fingerprint density at radius 3 is 2.61 bits per heavy atom. The third kappa shape index (κ3) is 1.84. The molecular weight excluding hydrogens is 222 g/mol. The van der Waals surface area contributed by atoms with E-state index in [9.17, 15) is 4.79 Å². The number of anilines is 1. The molecule has 1 atom stereocenters. The van der Waals surface area contributed by atoms with Crippen LogP contribution in [0.1, 0.15) is 51.2 Å². The maximum atomic E-state index is 12.4. The van der Waals surface area contributed by atoms with Gasteiger partial charge < -0.3 is 4.90 Å². The molecule has 0 saturated carbocycles. The highest BCUT2D eigenvalue weighted by atomic mass is 16.2. The molecule has 1 heterocycles. The van der Waals surface area contributed by atoms with Crippen molar-refractivity contribution in [2.75, 3.05) is 11.9 Å². The predicted molar refractivity (Wildman–Crippen MR) is 76.1 cm³/mol. The van der Waals surface area contributed by atoms with Crippen LogP contribution < -0.4 is 4.90 Å². The Morgan fingerprint density at radius 2 is 2.00 bits per heavy atom. The van der Waals surface area contributed by atoms with Gasteiger partial charge in [0.25, 0.3) is 0 Å². The summed E-state index contributed by atoms with van der Waals surface area (Å²) < 4.78 is 0. The maximum Gasteiger partial charge on any atom is 0.237 e. The lowest BCUT2D eigenvalue weighted by Crippen LogP contribution is -2.35. The van der Waals surface area contributed by atoms with E-state index in [0.717, 1.165) is 18.5 Å². The summed E-state index contributed by atoms with van der Waals surface area (Å²) in [7, 11) is 1.88. The number of hydrogen-bond acceptors (Lipinski definition) is 1. The molecule has 0 aromatic heterocycles. The Labute approximate surface area is 110 Å². The zero-order chi connectivity index (χ0) is 13.3. The molecule has 1 unspecified atom stereocenters. The van der Waals surface area contributed by atoms with E-state index >= 15 is 0 Å². The zero-order valence-corrected chi connectivity index (χ0v) is 11.9. The van der Waals surface area contributed by atoms with Crippen LogP contribution in [0.2, 0.25) is 0 Å². The number of rotatable bonds is 4. The molecule has 1 amide bonds. The van der Waals surface area contributed by atoms with E-state index in [4.69, 9.17) is 0 Å².